The molecule has 1 aliphatic rings. The molecule has 26 heavy (non-hydrogen) atoms. The standard InChI is InChI=1S/C18H21N5O3/c1-22(2)17-8-3-12(11-20-17)10-19-15-7-4-13(9-16(15)23(25)26)18(24)21-14-5-6-14/h3-4,7-9,11,14,19H,5-6,10H2,1-2H3,(H,21,24). The SMILES string of the molecule is CN(C)c1ccc(CNc2ccc(C(=O)NC3CC3)cc2[N+](=O)[O-])cn1. The fourth-order valence-corrected chi connectivity index (χ4v) is 2.45. The number of nitrogens with one attached hydrogen (secondary N) is 2. The van der Waals surface area contributed by atoms with E-state index >= 15 is 0 Å². The maximum absolute atomic E-state index is 12.1. The van der Waals surface area contributed by atoms with Crippen LogP contribution in [0, 0.1) is 10.1 Å². The van der Waals surface area contributed by atoms with Crippen molar-refractivity contribution in [1.82, 2.24) is 10.3 Å². The molecule has 2 aromatic rings. The third-order valence-electron chi connectivity index (χ3n) is 4.12. The number of amides is 1. The van der Waals surface area contributed by atoms with Gasteiger partial charge < -0.3 is 15.5 Å². The van der Waals surface area contributed by atoms with Crippen LogP contribution in [0.3, 0.4) is 0 Å². The third-order valence-corrected chi connectivity index (χ3v) is 4.12. The van der Waals surface area contributed by atoms with E-state index in [1.165, 1.54) is 6.07 Å². The average molecular weight is 355 g/mol. The van der Waals surface area contributed by atoms with Crippen LogP contribution < -0.4 is 15.5 Å². The van der Waals surface area contributed by atoms with E-state index in [1.807, 2.05) is 31.1 Å². The summed E-state index contributed by atoms with van der Waals surface area (Å²) in [6.07, 6.45) is 3.66. The zero-order chi connectivity index (χ0) is 18.7. The van der Waals surface area contributed by atoms with Crippen molar-refractivity contribution in [2.45, 2.75) is 25.4 Å². The lowest BCUT2D eigenvalue weighted by Gasteiger charge is -2.12. The Labute approximate surface area is 151 Å². The first-order valence-electron chi connectivity index (χ1n) is 8.39. The van der Waals surface area contributed by atoms with Crippen LogP contribution in [0.1, 0.15) is 28.8 Å². The lowest BCUT2D eigenvalue weighted by Crippen LogP contribution is -2.25. The van der Waals surface area contributed by atoms with Crippen LogP contribution in [-0.2, 0) is 6.54 Å². The molecule has 8 heteroatoms. The van der Waals surface area contributed by atoms with Crippen LogP contribution in [0.25, 0.3) is 0 Å². The van der Waals surface area contributed by atoms with E-state index in [4.69, 9.17) is 0 Å². The number of hydrogen-bond acceptors (Lipinski definition) is 6. The summed E-state index contributed by atoms with van der Waals surface area (Å²) in [4.78, 5) is 29.2. The molecule has 1 aromatic heterocycles. The summed E-state index contributed by atoms with van der Waals surface area (Å²) in [6, 6.07) is 8.49. The topological polar surface area (TPSA) is 100 Å². The van der Waals surface area contributed by atoms with E-state index < -0.39 is 4.92 Å². The quantitative estimate of drug-likeness (QED) is 0.585. The van der Waals surface area contributed by atoms with Crippen LogP contribution in [-0.4, -0.2) is 36.0 Å². The fourth-order valence-electron chi connectivity index (χ4n) is 2.45. The Kier molecular flexibility index (Phi) is 5.01. The second-order valence-electron chi connectivity index (χ2n) is 6.51. The molecule has 136 valence electrons. The molecule has 1 amide bonds. The summed E-state index contributed by atoms with van der Waals surface area (Å²) in [5.74, 6) is 0.566. The van der Waals surface area contributed by atoms with Gasteiger partial charge in [0.1, 0.15) is 11.5 Å². The molecule has 0 radical (unpaired) electrons. The number of nitro groups is 1. The normalized spacial score (nSPS) is 13.2. The zero-order valence-electron chi connectivity index (χ0n) is 14.7. The summed E-state index contributed by atoms with van der Waals surface area (Å²) >= 11 is 0. The number of nitrogens with zero attached hydrogens (tertiary/aromatic N) is 3. The second-order valence-corrected chi connectivity index (χ2v) is 6.51. The molecule has 1 heterocycles. The monoisotopic (exact) mass is 355 g/mol. The van der Waals surface area contributed by atoms with E-state index in [0.29, 0.717) is 17.8 Å². The number of benzene rings is 1. The van der Waals surface area contributed by atoms with Gasteiger partial charge in [-0.3, -0.25) is 14.9 Å². The summed E-state index contributed by atoms with van der Waals surface area (Å²) < 4.78 is 0. The van der Waals surface area contributed by atoms with Gasteiger partial charge in [-0.25, -0.2) is 4.98 Å². The molecule has 0 spiro atoms. The summed E-state index contributed by atoms with van der Waals surface area (Å²) in [5.41, 5.74) is 1.45. The van der Waals surface area contributed by atoms with E-state index in [2.05, 4.69) is 15.6 Å². The molecular formula is C18H21N5O3. The zero-order valence-corrected chi connectivity index (χ0v) is 14.7. The molecule has 3 rings (SSSR count). The molecule has 1 saturated carbocycles. The first-order valence-corrected chi connectivity index (χ1v) is 8.39. The Morgan fingerprint density at radius 1 is 1.31 bits per heavy atom. The van der Waals surface area contributed by atoms with Crippen molar-refractivity contribution in [2.75, 3.05) is 24.3 Å². The second kappa shape index (κ2) is 7.38. The maximum Gasteiger partial charge on any atom is 0.293 e. The van der Waals surface area contributed by atoms with Crippen LogP contribution in [0.5, 0.6) is 0 Å². The van der Waals surface area contributed by atoms with Gasteiger partial charge in [-0.2, -0.15) is 0 Å². The summed E-state index contributed by atoms with van der Waals surface area (Å²) in [6.45, 7) is 0.398. The largest absolute Gasteiger partial charge is 0.375 e. The van der Waals surface area contributed by atoms with Gasteiger partial charge in [-0.15, -0.1) is 0 Å². The Hall–Kier alpha value is -3.16. The van der Waals surface area contributed by atoms with Crippen LogP contribution in [0.15, 0.2) is 36.5 Å². The van der Waals surface area contributed by atoms with Crippen molar-refractivity contribution >= 4 is 23.1 Å². The molecule has 0 atom stereocenters. The average Bonchev–Trinajstić information content (AvgIpc) is 3.44. The van der Waals surface area contributed by atoms with Crippen molar-refractivity contribution in [1.29, 1.82) is 0 Å². The first-order chi connectivity index (χ1) is 12.4. The minimum Gasteiger partial charge on any atom is -0.375 e. The number of carbonyl (C=O) groups excluding carboxylic acids is 1. The van der Waals surface area contributed by atoms with E-state index in [0.717, 1.165) is 24.2 Å². The summed E-state index contributed by atoms with van der Waals surface area (Å²) in [5, 5.41) is 17.3. The minimum absolute atomic E-state index is 0.119. The number of carbonyl (C=O) groups is 1. The Bertz CT molecular complexity index is 816. The maximum atomic E-state index is 12.1. The number of rotatable bonds is 7. The van der Waals surface area contributed by atoms with Gasteiger partial charge in [-0.1, -0.05) is 6.07 Å². The number of anilines is 2. The molecule has 0 aliphatic heterocycles. The highest BCUT2D eigenvalue weighted by atomic mass is 16.6. The molecule has 2 N–H and O–H groups in total. The molecule has 1 aliphatic carbocycles. The van der Waals surface area contributed by atoms with Gasteiger partial charge in [0.25, 0.3) is 11.6 Å². The lowest BCUT2D eigenvalue weighted by molar-refractivity contribution is -0.384. The molecule has 0 saturated heterocycles. The molecule has 1 fully saturated rings. The van der Waals surface area contributed by atoms with Crippen molar-refractivity contribution < 1.29 is 9.72 Å². The van der Waals surface area contributed by atoms with Crippen LogP contribution in [0.2, 0.25) is 0 Å². The van der Waals surface area contributed by atoms with Gasteiger partial charge in [0.15, 0.2) is 0 Å². The van der Waals surface area contributed by atoms with Crippen molar-refractivity contribution in [3.05, 3.63) is 57.8 Å². The van der Waals surface area contributed by atoms with Gasteiger partial charge in [0.05, 0.1) is 4.92 Å². The van der Waals surface area contributed by atoms with E-state index in [9.17, 15) is 14.9 Å². The van der Waals surface area contributed by atoms with Gasteiger partial charge >= 0.3 is 0 Å². The van der Waals surface area contributed by atoms with Crippen molar-refractivity contribution in [2.24, 2.45) is 0 Å². The lowest BCUT2D eigenvalue weighted by atomic mass is 10.1. The number of aromatic nitrogens is 1. The summed E-state index contributed by atoms with van der Waals surface area (Å²) in [7, 11) is 3.81. The minimum atomic E-state index is -0.483. The van der Waals surface area contributed by atoms with Crippen molar-refractivity contribution in [3.63, 3.8) is 0 Å². The third kappa shape index (κ3) is 4.27. The predicted molar refractivity (Wildman–Crippen MR) is 99.5 cm³/mol. The first kappa shape index (κ1) is 17.7. The Balaban J connectivity index is 1.71. The molecule has 8 nitrogen and oxygen atoms in total. The molecule has 1 aromatic carbocycles. The predicted octanol–water partition coefficient (Wildman–Crippen LogP) is 2.56. The van der Waals surface area contributed by atoms with Gasteiger partial charge in [0, 0.05) is 44.5 Å². The van der Waals surface area contributed by atoms with Gasteiger partial charge in [0.2, 0.25) is 0 Å². The smallest absolute Gasteiger partial charge is 0.293 e. The fraction of sp³-hybridized carbons (Fsp3) is 0.333. The van der Waals surface area contributed by atoms with E-state index in [1.54, 1.807) is 18.3 Å². The van der Waals surface area contributed by atoms with E-state index in [-0.39, 0.29) is 17.6 Å². The molecular weight excluding hydrogens is 334 g/mol. The van der Waals surface area contributed by atoms with Crippen LogP contribution in [0.4, 0.5) is 17.2 Å². The van der Waals surface area contributed by atoms with Gasteiger partial charge in [-0.05, 0) is 36.6 Å². The van der Waals surface area contributed by atoms with Crippen LogP contribution >= 0.6 is 0 Å². The van der Waals surface area contributed by atoms with Crippen molar-refractivity contribution in [3.8, 4) is 0 Å². The highest BCUT2D eigenvalue weighted by molar-refractivity contribution is 5.96. The number of pyridine rings is 1. The number of hydrogen-bond donors (Lipinski definition) is 2. The Morgan fingerprint density at radius 2 is 2.08 bits per heavy atom. The molecule has 0 bridgehead atoms. The highest BCUT2D eigenvalue weighted by Crippen LogP contribution is 2.27. The Morgan fingerprint density at radius 3 is 2.65 bits per heavy atom. The molecule has 0 unspecified atom stereocenters. The number of nitro benzene ring substituents is 1. The highest BCUT2D eigenvalue weighted by Gasteiger charge is 2.25.